The zero-order valence-electron chi connectivity index (χ0n) is 25.1. The minimum atomic E-state index is -0.316. The molecule has 3 aromatic rings. The number of carbonyl (C=O) groups is 2. The lowest BCUT2D eigenvalue weighted by molar-refractivity contribution is -0.132. The minimum absolute atomic E-state index is 0.0595. The molecule has 0 unspecified atom stereocenters. The van der Waals surface area contributed by atoms with Gasteiger partial charge in [-0.1, -0.05) is 64.1 Å². The van der Waals surface area contributed by atoms with Gasteiger partial charge in [0.05, 0.1) is 20.8 Å². The molecule has 3 amide bonds. The first-order valence-electron chi connectivity index (χ1n) is 14.0. The van der Waals surface area contributed by atoms with Crippen molar-refractivity contribution in [3.8, 4) is 11.5 Å². The second-order valence-electron chi connectivity index (χ2n) is 10.6. The molecule has 0 aliphatic rings. The number of ether oxygens (including phenoxy) is 2. The summed E-state index contributed by atoms with van der Waals surface area (Å²) in [5.74, 6) is 1.65. The van der Waals surface area contributed by atoms with Crippen LogP contribution in [0.5, 0.6) is 11.5 Å². The highest BCUT2D eigenvalue weighted by atomic mass is 32.1. The average Bonchev–Trinajstić information content (AvgIpc) is 3.47. The topological polar surface area (TPSA) is 71.1 Å². The standard InChI is InChI=1S/C33H43N3O4S/c1-8-17-36(33(38)34-32-27(23(2)3)12-9-13-28(32)24(4)5)22-31(37)35(21-26-11-10-19-41-26)18-16-25-14-15-29(39-6)30(20-25)40-7/h8-15,19-20,23-24H,1,16-18,21-22H2,2-7H3,(H,34,38). The molecule has 0 atom stereocenters. The van der Waals surface area contributed by atoms with Gasteiger partial charge in [-0.05, 0) is 58.5 Å². The van der Waals surface area contributed by atoms with Gasteiger partial charge in [0.15, 0.2) is 11.5 Å². The van der Waals surface area contributed by atoms with Crippen LogP contribution in [0.4, 0.5) is 10.5 Å². The van der Waals surface area contributed by atoms with Crippen LogP contribution in [0.15, 0.2) is 66.6 Å². The van der Waals surface area contributed by atoms with E-state index in [0.29, 0.717) is 31.0 Å². The zero-order valence-corrected chi connectivity index (χ0v) is 25.9. The number of urea groups is 1. The molecule has 1 aromatic heterocycles. The molecule has 1 heterocycles. The molecule has 0 spiro atoms. The van der Waals surface area contributed by atoms with E-state index in [1.165, 1.54) is 4.90 Å². The second kappa shape index (κ2) is 15.3. The molecular weight excluding hydrogens is 534 g/mol. The highest BCUT2D eigenvalue weighted by Crippen LogP contribution is 2.33. The third-order valence-electron chi connectivity index (χ3n) is 6.97. The summed E-state index contributed by atoms with van der Waals surface area (Å²) in [6.07, 6.45) is 2.28. The quantitative estimate of drug-likeness (QED) is 0.204. The Kier molecular flexibility index (Phi) is 11.8. The number of nitrogens with zero attached hydrogens (tertiary/aromatic N) is 2. The number of nitrogens with one attached hydrogen (secondary N) is 1. The van der Waals surface area contributed by atoms with E-state index in [-0.39, 0.29) is 36.9 Å². The number of amides is 3. The highest BCUT2D eigenvalue weighted by Gasteiger charge is 2.24. The van der Waals surface area contributed by atoms with Crippen LogP contribution >= 0.6 is 11.3 Å². The molecule has 220 valence electrons. The summed E-state index contributed by atoms with van der Waals surface area (Å²) in [4.78, 5) is 31.8. The molecule has 1 N–H and O–H groups in total. The SMILES string of the molecule is C=CCN(CC(=O)N(CCc1ccc(OC)c(OC)c1)Cc1cccs1)C(=O)Nc1c(C(C)C)cccc1C(C)C. The first-order chi connectivity index (χ1) is 19.7. The summed E-state index contributed by atoms with van der Waals surface area (Å²) < 4.78 is 10.8. The van der Waals surface area contributed by atoms with Gasteiger partial charge in [0.1, 0.15) is 6.54 Å². The maximum atomic E-state index is 13.7. The van der Waals surface area contributed by atoms with Gasteiger partial charge in [0.2, 0.25) is 5.91 Å². The minimum Gasteiger partial charge on any atom is -0.493 e. The maximum absolute atomic E-state index is 13.7. The maximum Gasteiger partial charge on any atom is 0.322 e. The molecule has 0 radical (unpaired) electrons. The molecule has 8 heteroatoms. The molecule has 0 saturated carbocycles. The van der Waals surface area contributed by atoms with E-state index >= 15 is 0 Å². The van der Waals surface area contributed by atoms with E-state index in [2.05, 4.69) is 39.6 Å². The fourth-order valence-electron chi connectivity index (χ4n) is 4.70. The molecule has 0 bridgehead atoms. The molecule has 3 rings (SSSR count). The van der Waals surface area contributed by atoms with Crippen LogP contribution in [-0.4, -0.2) is 55.6 Å². The van der Waals surface area contributed by atoms with Crippen LogP contribution in [0.2, 0.25) is 0 Å². The van der Waals surface area contributed by atoms with Crippen molar-refractivity contribution < 1.29 is 19.1 Å². The number of thiophene rings is 1. The molecule has 0 aliphatic heterocycles. The van der Waals surface area contributed by atoms with Gasteiger partial charge < -0.3 is 24.6 Å². The van der Waals surface area contributed by atoms with Gasteiger partial charge in [-0.3, -0.25) is 4.79 Å². The molecule has 0 saturated heterocycles. The van der Waals surface area contributed by atoms with E-state index in [4.69, 9.17) is 9.47 Å². The number of benzene rings is 2. The van der Waals surface area contributed by atoms with Gasteiger partial charge in [-0.2, -0.15) is 0 Å². The third kappa shape index (κ3) is 8.60. The fourth-order valence-corrected chi connectivity index (χ4v) is 5.42. The lowest BCUT2D eigenvalue weighted by Gasteiger charge is -2.28. The number of carbonyl (C=O) groups excluding carboxylic acids is 2. The Morgan fingerprint density at radius 3 is 2.20 bits per heavy atom. The van der Waals surface area contributed by atoms with Crippen molar-refractivity contribution in [1.29, 1.82) is 0 Å². The molecule has 0 fully saturated rings. The normalized spacial score (nSPS) is 10.9. The van der Waals surface area contributed by atoms with Gasteiger partial charge in [0, 0.05) is 23.7 Å². The van der Waals surface area contributed by atoms with Crippen molar-refractivity contribution >= 4 is 29.0 Å². The Bertz CT molecular complexity index is 1280. The van der Waals surface area contributed by atoms with Crippen LogP contribution in [0.25, 0.3) is 0 Å². The smallest absolute Gasteiger partial charge is 0.322 e. The van der Waals surface area contributed by atoms with Crippen molar-refractivity contribution in [2.45, 2.75) is 52.5 Å². The monoisotopic (exact) mass is 577 g/mol. The molecule has 2 aromatic carbocycles. The zero-order chi connectivity index (χ0) is 29.9. The number of hydrogen-bond acceptors (Lipinski definition) is 5. The Morgan fingerprint density at radius 2 is 1.63 bits per heavy atom. The Balaban J connectivity index is 1.81. The van der Waals surface area contributed by atoms with Crippen molar-refractivity contribution in [2.75, 3.05) is 39.2 Å². The summed E-state index contributed by atoms with van der Waals surface area (Å²) in [5, 5.41) is 5.14. The fraction of sp³-hybridized carbons (Fsp3) is 0.394. The molecule has 0 aliphatic carbocycles. The number of hydrogen-bond donors (Lipinski definition) is 1. The second-order valence-corrected chi connectivity index (χ2v) is 11.6. The van der Waals surface area contributed by atoms with Crippen LogP contribution < -0.4 is 14.8 Å². The van der Waals surface area contributed by atoms with E-state index in [1.807, 2.05) is 58.8 Å². The molecule has 7 nitrogen and oxygen atoms in total. The summed E-state index contributed by atoms with van der Waals surface area (Å²) in [5.41, 5.74) is 4.00. The van der Waals surface area contributed by atoms with Gasteiger partial charge in [-0.15, -0.1) is 17.9 Å². The van der Waals surface area contributed by atoms with Crippen molar-refractivity contribution in [1.82, 2.24) is 9.80 Å². The third-order valence-corrected chi connectivity index (χ3v) is 7.83. The van der Waals surface area contributed by atoms with Gasteiger partial charge in [0.25, 0.3) is 0 Å². The van der Waals surface area contributed by atoms with E-state index in [9.17, 15) is 9.59 Å². The predicted molar refractivity (Wildman–Crippen MR) is 168 cm³/mol. The summed E-state index contributed by atoms with van der Waals surface area (Å²) in [6, 6.07) is 15.6. The van der Waals surface area contributed by atoms with Crippen molar-refractivity contribution in [3.63, 3.8) is 0 Å². The largest absolute Gasteiger partial charge is 0.493 e. The van der Waals surface area contributed by atoms with Gasteiger partial charge >= 0.3 is 6.03 Å². The Morgan fingerprint density at radius 1 is 0.951 bits per heavy atom. The van der Waals surface area contributed by atoms with Crippen molar-refractivity contribution in [2.24, 2.45) is 0 Å². The molecular formula is C33H43N3O4S. The average molecular weight is 578 g/mol. The molecule has 41 heavy (non-hydrogen) atoms. The summed E-state index contributed by atoms with van der Waals surface area (Å²) in [6.45, 7) is 13.4. The number of anilines is 1. The number of rotatable bonds is 14. The van der Waals surface area contributed by atoms with Crippen molar-refractivity contribution in [3.05, 3.63) is 88.1 Å². The lowest BCUT2D eigenvalue weighted by Crippen LogP contribution is -2.45. The van der Waals surface area contributed by atoms with Gasteiger partial charge in [-0.25, -0.2) is 4.79 Å². The first kappa shape index (κ1) is 31.7. The number of methoxy groups -OCH3 is 2. The summed E-state index contributed by atoms with van der Waals surface area (Å²) >= 11 is 1.61. The van der Waals surface area contributed by atoms with Crippen LogP contribution in [0.1, 0.15) is 61.1 Å². The van der Waals surface area contributed by atoms with E-state index < -0.39 is 0 Å². The summed E-state index contributed by atoms with van der Waals surface area (Å²) in [7, 11) is 3.21. The lowest BCUT2D eigenvalue weighted by atomic mass is 9.93. The first-order valence-corrected chi connectivity index (χ1v) is 14.9. The predicted octanol–water partition coefficient (Wildman–Crippen LogP) is 7.30. The number of para-hydroxylation sites is 1. The van der Waals surface area contributed by atoms with Crippen LogP contribution in [0, 0.1) is 0 Å². The van der Waals surface area contributed by atoms with Crippen LogP contribution in [-0.2, 0) is 17.8 Å². The van der Waals surface area contributed by atoms with Crippen LogP contribution in [0.3, 0.4) is 0 Å². The Hall–Kier alpha value is -3.78. The highest BCUT2D eigenvalue weighted by molar-refractivity contribution is 7.09. The Labute approximate surface area is 248 Å². The van der Waals surface area contributed by atoms with E-state index in [0.717, 1.165) is 27.3 Å². The van der Waals surface area contributed by atoms with E-state index in [1.54, 1.807) is 31.6 Å².